The van der Waals surface area contributed by atoms with Crippen LogP contribution in [0.3, 0.4) is 0 Å². The minimum atomic E-state index is -0.452. The van der Waals surface area contributed by atoms with E-state index in [9.17, 15) is 4.79 Å². The van der Waals surface area contributed by atoms with Gasteiger partial charge in [-0.25, -0.2) is 4.84 Å². The van der Waals surface area contributed by atoms with Crippen LogP contribution >= 0.6 is 0 Å². The second kappa shape index (κ2) is 7.90. The molecule has 2 rings (SSSR count). The molecule has 0 unspecified atom stereocenters. The molecule has 0 heterocycles. The molecule has 4 heteroatoms. The Morgan fingerprint density at radius 1 is 0.870 bits per heavy atom. The molecular weight excluding hydrogens is 288 g/mol. The van der Waals surface area contributed by atoms with E-state index in [2.05, 4.69) is 0 Å². The number of hydrazine groups is 1. The summed E-state index contributed by atoms with van der Waals surface area (Å²) in [7, 11) is 0. The number of rotatable bonds is 7. The fraction of sp³-hybridized carbons (Fsp3) is 0.316. The van der Waals surface area contributed by atoms with Gasteiger partial charge in [0, 0.05) is 13.1 Å². The van der Waals surface area contributed by atoms with Crippen LogP contribution < -0.4 is 0 Å². The lowest BCUT2D eigenvalue weighted by atomic mass is 10.2. The number of hydrogen-bond acceptors (Lipinski definition) is 3. The van der Waals surface area contributed by atoms with Gasteiger partial charge >= 0.3 is 0 Å². The van der Waals surface area contributed by atoms with E-state index in [1.807, 2.05) is 86.4 Å². The van der Waals surface area contributed by atoms with Crippen LogP contribution in [0.4, 0.5) is 0 Å². The van der Waals surface area contributed by atoms with Crippen molar-refractivity contribution >= 4 is 6.41 Å². The molecule has 0 aliphatic heterocycles. The van der Waals surface area contributed by atoms with Crippen molar-refractivity contribution in [1.29, 1.82) is 0 Å². The van der Waals surface area contributed by atoms with Crippen LogP contribution in [0, 0.1) is 0 Å². The number of carbonyl (C=O) groups is 1. The molecule has 2 aromatic carbocycles. The van der Waals surface area contributed by atoms with Crippen LogP contribution in [0.1, 0.15) is 31.9 Å². The van der Waals surface area contributed by atoms with Crippen LogP contribution in [-0.4, -0.2) is 22.2 Å². The molecule has 0 atom stereocenters. The summed E-state index contributed by atoms with van der Waals surface area (Å²) in [5.41, 5.74) is 1.78. The summed E-state index contributed by atoms with van der Waals surface area (Å²) in [5, 5.41) is 3.20. The van der Waals surface area contributed by atoms with Gasteiger partial charge in [-0.05, 0) is 31.9 Å². The molecule has 122 valence electrons. The van der Waals surface area contributed by atoms with Crippen LogP contribution in [0.15, 0.2) is 60.7 Å². The van der Waals surface area contributed by atoms with Crippen LogP contribution in [0.5, 0.6) is 0 Å². The molecule has 0 bridgehead atoms. The van der Waals surface area contributed by atoms with Gasteiger partial charge in [-0.15, -0.1) is 5.17 Å². The second-order valence-electron chi connectivity index (χ2n) is 6.41. The Kier molecular flexibility index (Phi) is 5.90. The molecule has 0 saturated carbocycles. The lowest BCUT2D eigenvalue weighted by molar-refractivity contribution is -0.306. The average Bonchev–Trinajstić information content (AvgIpc) is 2.53. The summed E-state index contributed by atoms with van der Waals surface area (Å²) in [6.45, 7) is 6.95. The van der Waals surface area contributed by atoms with E-state index in [0.717, 1.165) is 17.5 Å². The Bertz CT molecular complexity index is 552. The van der Waals surface area contributed by atoms with Crippen molar-refractivity contribution in [2.24, 2.45) is 0 Å². The zero-order chi connectivity index (χ0) is 16.7. The standard InChI is InChI=1S/C19H24N2O2/c1-19(2,3)23-21(16-22)20(14-17-10-6-4-7-11-17)15-18-12-8-5-9-13-18/h4-13,16H,14-15H2,1-3H3. The maximum absolute atomic E-state index is 11.6. The highest BCUT2D eigenvalue weighted by Gasteiger charge is 2.22. The Morgan fingerprint density at radius 2 is 1.30 bits per heavy atom. The highest BCUT2D eigenvalue weighted by molar-refractivity contribution is 5.44. The number of benzene rings is 2. The van der Waals surface area contributed by atoms with E-state index < -0.39 is 5.60 Å². The predicted molar refractivity (Wildman–Crippen MR) is 90.9 cm³/mol. The van der Waals surface area contributed by atoms with Crippen LogP contribution in [0.25, 0.3) is 0 Å². The summed E-state index contributed by atoms with van der Waals surface area (Å²) >= 11 is 0. The Balaban J connectivity index is 2.20. The summed E-state index contributed by atoms with van der Waals surface area (Å²) in [4.78, 5) is 17.3. The number of hydroxylamine groups is 1. The fourth-order valence-corrected chi connectivity index (χ4v) is 2.21. The van der Waals surface area contributed by atoms with Crippen molar-refractivity contribution in [3.63, 3.8) is 0 Å². The first-order valence-corrected chi connectivity index (χ1v) is 7.74. The third kappa shape index (κ3) is 5.85. The molecule has 0 aliphatic carbocycles. The van der Waals surface area contributed by atoms with E-state index in [1.165, 1.54) is 5.17 Å². The summed E-state index contributed by atoms with van der Waals surface area (Å²) < 4.78 is 0. The smallest absolute Gasteiger partial charge is 0.249 e. The number of nitrogens with zero attached hydrogens (tertiary/aromatic N) is 2. The Morgan fingerprint density at radius 3 is 1.65 bits per heavy atom. The molecule has 0 aliphatic rings. The van der Waals surface area contributed by atoms with E-state index >= 15 is 0 Å². The normalized spacial score (nSPS) is 11.5. The highest BCUT2D eigenvalue weighted by Crippen LogP contribution is 2.16. The van der Waals surface area contributed by atoms with Gasteiger partial charge in [-0.2, -0.15) is 5.01 Å². The maximum atomic E-state index is 11.6. The van der Waals surface area contributed by atoms with Crippen molar-refractivity contribution < 1.29 is 9.63 Å². The fourth-order valence-electron chi connectivity index (χ4n) is 2.21. The van der Waals surface area contributed by atoms with Gasteiger partial charge < -0.3 is 0 Å². The summed E-state index contributed by atoms with van der Waals surface area (Å²) in [5.74, 6) is 0. The van der Waals surface area contributed by atoms with E-state index in [-0.39, 0.29) is 0 Å². The van der Waals surface area contributed by atoms with Crippen molar-refractivity contribution in [1.82, 2.24) is 10.2 Å². The average molecular weight is 312 g/mol. The first-order chi connectivity index (χ1) is 11.0. The second-order valence-corrected chi connectivity index (χ2v) is 6.41. The summed E-state index contributed by atoms with van der Waals surface area (Å²) in [6, 6.07) is 20.1. The Labute approximate surface area is 138 Å². The molecule has 0 saturated heterocycles. The zero-order valence-corrected chi connectivity index (χ0v) is 14.0. The van der Waals surface area contributed by atoms with Crippen LogP contribution in [-0.2, 0) is 22.7 Å². The monoisotopic (exact) mass is 312 g/mol. The van der Waals surface area contributed by atoms with Gasteiger partial charge in [-0.3, -0.25) is 4.79 Å². The minimum absolute atomic E-state index is 0.452. The van der Waals surface area contributed by atoms with Crippen molar-refractivity contribution in [2.45, 2.75) is 39.5 Å². The van der Waals surface area contributed by atoms with Gasteiger partial charge in [0.2, 0.25) is 6.41 Å². The number of carbonyl (C=O) groups excluding carboxylic acids is 1. The molecule has 1 amide bonds. The van der Waals surface area contributed by atoms with Crippen LogP contribution in [0.2, 0.25) is 0 Å². The molecule has 0 spiro atoms. The van der Waals surface area contributed by atoms with Gasteiger partial charge in [0.05, 0.1) is 5.60 Å². The van der Waals surface area contributed by atoms with Gasteiger partial charge in [0.25, 0.3) is 0 Å². The number of hydrogen-bond donors (Lipinski definition) is 0. The van der Waals surface area contributed by atoms with Crippen molar-refractivity contribution in [3.8, 4) is 0 Å². The largest absolute Gasteiger partial charge is 0.275 e. The molecule has 23 heavy (non-hydrogen) atoms. The molecule has 4 nitrogen and oxygen atoms in total. The zero-order valence-electron chi connectivity index (χ0n) is 14.0. The predicted octanol–water partition coefficient (Wildman–Crippen LogP) is 3.79. The van der Waals surface area contributed by atoms with Crippen molar-refractivity contribution in [3.05, 3.63) is 71.8 Å². The Hall–Kier alpha value is -2.17. The molecule has 0 fully saturated rings. The third-order valence-corrected chi connectivity index (χ3v) is 3.15. The lowest BCUT2D eigenvalue weighted by Crippen LogP contribution is -2.45. The lowest BCUT2D eigenvalue weighted by Gasteiger charge is -2.35. The number of amides is 1. The molecular formula is C19H24N2O2. The van der Waals surface area contributed by atoms with E-state index in [4.69, 9.17) is 4.84 Å². The molecule has 2 aromatic rings. The summed E-state index contributed by atoms with van der Waals surface area (Å²) in [6.07, 6.45) is 0.719. The SMILES string of the molecule is CC(C)(C)ON(C=O)N(Cc1ccccc1)Cc1ccccc1. The first-order valence-electron chi connectivity index (χ1n) is 7.74. The highest BCUT2D eigenvalue weighted by atomic mass is 16.7. The van der Waals surface area contributed by atoms with Gasteiger partial charge in [0.15, 0.2) is 0 Å². The van der Waals surface area contributed by atoms with E-state index in [1.54, 1.807) is 0 Å². The quantitative estimate of drug-likeness (QED) is 0.576. The molecule has 0 N–H and O–H groups in total. The maximum Gasteiger partial charge on any atom is 0.249 e. The topological polar surface area (TPSA) is 32.8 Å². The third-order valence-electron chi connectivity index (χ3n) is 3.15. The molecule has 0 aromatic heterocycles. The van der Waals surface area contributed by atoms with Gasteiger partial charge in [0.1, 0.15) is 0 Å². The molecule has 0 radical (unpaired) electrons. The minimum Gasteiger partial charge on any atom is -0.275 e. The van der Waals surface area contributed by atoms with E-state index in [0.29, 0.717) is 13.1 Å². The first kappa shape index (κ1) is 17.2. The van der Waals surface area contributed by atoms with Gasteiger partial charge in [-0.1, -0.05) is 60.7 Å². The van der Waals surface area contributed by atoms with Crippen molar-refractivity contribution in [2.75, 3.05) is 0 Å².